The molecule has 1 atom stereocenters. The molecule has 0 radical (unpaired) electrons. The molecule has 84 valence electrons. The predicted octanol–water partition coefficient (Wildman–Crippen LogP) is -0.993. The van der Waals surface area contributed by atoms with Crippen LogP contribution in [-0.4, -0.2) is 43.0 Å². The van der Waals surface area contributed by atoms with E-state index in [-0.39, 0.29) is 12.5 Å². The molecule has 0 bridgehead atoms. The summed E-state index contributed by atoms with van der Waals surface area (Å²) >= 11 is 0. The number of aliphatic carboxylic acids is 1. The average Bonchev–Trinajstić information content (AvgIpc) is 1.97. The Morgan fingerprint density at radius 3 is 2.29 bits per heavy atom. The fraction of sp³-hybridized carbons (Fsp3) is 0.857. The van der Waals surface area contributed by atoms with E-state index in [9.17, 15) is 18.3 Å². The molecule has 0 aromatic rings. The third kappa shape index (κ3) is 5.90. The topological polar surface area (TPSA) is 104 Å². The zero-order chi connectivity index (χ0) is 11.4. The van der Waals surface area contributed by atoms with Crippen molar-refractivity contribution in [3.05, 3.63) is 0 Å². The summed E-state index contributed by atoms with van der Waals surface area (Å²) in [5.41, 5.74) is 0. The summed E-state index contributed by atoms with van der Waals surface area (Å²) < 4.78 is 23.9. The molecule has 0 fully saturated rings. The molecule has 7 heteroatoms. The summed E-state index contributed by atoms with van der Waals surface area (Å²) in [5.74, 6) is -2.48. The van der Waals surface area contributed by atoms with Crippen LogP contribution in [0.1, 0.15) is 13.8 Å². The highest BCUT2D eigenvalue weighted by molar-refractivity contribution is 7.90. The van der Waals surface area contributed by atoms with Crippen molar-refractivity contribution in [3.63, 3.8) is 0 Å². The van der Waals surface area contributed by atoms with E-state index in [1.165, 1.54) is 0 Å². The van der Waals surface area contributed by atoms with Crippen molar-refractivity contribution in [1.29, 1.82) is 0 Å². The van der Waals surface area contributed by atoms with Gasteiger partial charge in [0.1, 0.15) is 0 Å². The Kier molecular flexibility index (Phi) is 5.03. The van der Waals surface area contributed by atoms with E-state index in [1.807, 2.05) is 4.72 Å². The number of nitrogens with one attached hydrogen (secondary N) is 1. The van der Waals surface area contributed by atoms with E-state index in [1.54, 1.807) is 13.8 Å². The Labute approximate surface area is 83.0 Å². The van der Waals surface area contributed by atoms with Crippen LogP contribution in [0.25, 0.3) is 0 Å². The molecular weight excluding hydrogens is 210 g/mol. The van der Waals surface area contributed by atoms with Gasteiger partial charge in [0.15, 0.2) is 5.75 Å². The quantitative estimate of drug-likeness (QED) is 0.538. The van der Waals surface area contributed by atoms with E-state index in [4.69, 9.17) is 5.11 Å². The van der Waals surface area contributed by atoms with Gasteiger partial charge in [-0.1, -0.05) is 13.8 Å². The zero-order valence-electron chi connectivity index (χ0n) is 8.10. The van der Waals surface area contributed by atoms with Gasteiger partial charge in [0.2, 0.25) is 10.0 Å². The molecule has 0 aliphatic carbocycles. The first-order valence-corrected chi connectivity index (χ1v) is 5.77. The Hall–Kier alpha value is -0.660. The van der Waals surface area contributed by atoms with E-state index in [0.717, 1.165) is 0 Å². The fourth-order valence-electron chi connectivity index (χ4n) is 0.662. The molecule has 0 amide bonds. The van der Waals surface area contributed by atoms with Crippen molar-refractivity contribution >= 4 is 16.0 Å². The third-order valence-electron chi connectivity index (χ3n) is 1.60. The normalized spacial score (nSPS) is 14.3. The van der Waals surface area contributed by atoms with E-state index in [2.05, 4.69) is 0 Å². The Morgan fingerprint density at radius 2 is 1.93 bits per heavy atom. The largest absolute Gasteiger partial charge is 0.480 e. The van der Waals surface area contributed by atoms with Gasteiger partial charge in [0, 0.05) is 6.54 Å². The lowest BCUT2D eigenvalue weighted by Crippen LogP contribution is -2.37. The van der Waals surface area contributed by atoms with Crippen LogP contribution in [0.3, 0.4) is 0 Å². The number of carboxylic acids is 1. The standard InChI is InChI=1S/C7H15NO5S/c1-5(2)6(9)3-8-14(12,13)4-7(10)11/h5-6,8-9H,3-4H2,1-2H3,(H,10,11). The zero-order valence-corrected chi connectivity index (χ0v) is 8.91. The number of sulfonamides is 1. The van der Waals surface area contributed by atoms with Crippen LogP contribution < -0.4 is 4.72 Å². The van der Waals surface area contributed by atoms with Crippen LogP contribution in [-0.2, 0) is 14.8 Å². The Morgan fingerprint density at radius 1 is 1.43 bits per heavy atom. The van der Waals surface area contributed by atoms with E-state index in [0.29, 0.717) is 0 Å². The number of rotatable bonds is 6. The molecule has 0 aromatic heterocycles. The maximum absolute atomic E-state index is 11.0. The average molecular weight is 225 g/mol. The fourth-order valence-corrected chi connectivity index (χ4v) is 1.51. The van der Waals surface area contributed by atoms with Gasteiger partial charge in [-0.05, 0) is 5.92 Å². The molecule has 0 aliphatic rings. The second-order valence-corrected chi connectivity index (χ2v) is 5.12. The van der Waals surface area contributed by atoms with Gasteiger partial charge in [-0.25, -0.2) is 13.1 Å². The Bertz CT molecular complexity index is 284. The molecule has 14 heavy (non-hydrogen) atoms. The summed E-state index contributed by atoms with van der Waals surface area (Å²) in [6, 6.07) is 0. The van der Waals surface area contributed by atoms with E-state index < -0.39 is 27.8 Å². The third-order valence-corrected chi connectivity index (χ3v) is 2.83. The molecule has 0 saturated carbocycles. The van der Waals surface area contributed by atoms with Crippen LogP contribution in [0, 0.1) is 5.92 Å². The first kappa shape index (κ1) is 13.3. The molecule has 3 N–H and O–H groups in total. The van der Waals surface area contributed by atoms with Gasteiger partial charge in [-0.2, -0.15) is 0 Å². The summed E-state index contributed by atoms with van der Waals surface area (Å²) in [4.78, 5) is 10.1. The summed E-state index contributed by atoms with van der Waals surface area (Å²) in [6.45, 7) is 3.31. The number of carboxylic acid groups (broad SMARTS) is 1. The van der Waals surface area contributed by atoms with Gasteiger partial charge in [0.05, 0.1) is 6.10 Å². The molecule has 0 rings (SSSR count). The number of aliphatic hydroxyl groups excluding tert-OH is 1. The van der Waals surface area contributed by atoms with Crippen LogP contribution in [0.2, 0.25) is 0 Å². The highest BCUT2D eigenvalue weighted by atomic mass is 32.2. The van der Waals surface area contributed by atoms with Crippen molar-refractivity contribution < 1.29 is 23.4 Å². The minimum absolute atomic E-state index is 0.0810. The second kappa shape index (κ2) is 5.28. The summed E-state index contributed by atoms with van der Waals surface area (Å²) in [6.07, 6.45) is -0.807. The minimum atomic E-state index is -3.82. The van der Waals surface area contributed by atoms with Gasteiger partial charge >= 0.3 is 5.97 Å². The summed E-state index contributed by atoms with van der Waals surface area (Å²) in [5, 5.41) is 17.5. The van der Waals surface area contributed by atoms with Crippen LogP contribution in [0.4, 0.5) is 0 Å². The molecule has 0 aromatic carbocycles. The van der Waals surface area contributed by atoms with Crippen LogP contribution in [0.15, 0.2) is 0 Å². The predicted molar refractivity (Wildman–Crippen MR) is 50.3 cm³/mol. The van der Waals surface area contributed by atoms with Gasteiger partial charge in [-0.3, -0.25) is 4.79 Å². The Balaban J connectivity index is 4.06. The molecule has 1 unspecified atom stereocenters. The SMILES string of the molecule is CC(C)C(O)CNS(=O)(=O)CC(=O)O. The van der Waals surface area contributed by atoms with Crippen molar-refractivity contribution in [3.8, 4) is 0 Å². The first-order chi connectivity index (χ1) is 6.24. The molecule has 0 saturated heterocycles. The molecule has 6 nitrogen and oxygen atoms in total. The van der Waals surface area contributed by atoms with Crippen molar-refractivity contribution in [1.82, 2.24) is 4.72 Å². The molecule has 0 aliphatic heterocycles. The van der Waals surface area contributed by atoms with Crippen molar-refractivity contribution in [2.75, 3.05) is 12.3 Å². The van der Waals surface area contributed by atoms with Gasteiger partial charge in [-0.15, -0.1) is 0 Å². The number of hydrogen-bond donors (Lipinski definition) is 3. The van der Waals surface area contributed by atoms with Crippen LogP contribution >= 0.6 is 0 Å². The minimum Gasteiger partial charge on any atom is -0.480 e. The van der Waals surface area contributed by atoms with Crippen molar-refractivity contribution in [2.45, 2.75) is 20.0 Å². The lowest BCUT2D eigenvalue weighted by atomic mass is 10.1. The molecule has 0 spiro atoms. The second-order valence-electron chi connectivity index (χ2n) is 3.31. The van der Waals surface area contributed by atoms with Gasteiger partial charge in [0.25, 0.3) is 0 Å². The van der Waals surface area contributed by atoms with Crippen molar-refractivity contribution in [2.24, 2.45) is 5.92 Å². The summed E-state index contributed by atoms with van der Waals surface area (Å²) in [7, 11) is -3.82. The molecular formula is C7H15NO5S. The number of aliphatic hydroxyl groups is 1. The lowest BCUT2D eigenvalue weighted by molar-refractivity contribution is -0.134. The maximum atomic E-state index is 11.0. The monoisotopic (exact) mass is 225 g/mol. The van der Waals surface area contributed by atoms with Crippen LogP contribution in [0.5, 0.6) is 0 Å². The maximum Gasteiger partial charge on any atom is 0.320 e. The number of hydrogen-bond acceptors (Lipinski definition) is 4. The number of carbonyl (C=O) groups is 1. The highest BCUT2D eigenvalue weighted by Gasteiger charge is 2.17. The molecule has 0 heterocycles. The smallest absolute Gasteiger partial charge is 0.320 e. The van der Waals surface area contributed by atoms with E-state index >= 15 is 0 Å². The first-order valence-electron chi connectivity index (χ1n) is 4.12. The lowest BCUT2D eigenvalue weighted by Gasteiger charge is -2.14. The van der Waals surface area contributed by atoms with Gasteiger partial charge < -0.3 is 10.2 Å². The highest BCUT2D eigenvalue weighted by Crippen LogP contribution is 1.99.